The molecule has 0 fully saturated rings. The van der Waals surface area contributed by atoms with Gasteiger partial charge in [0.05, 0.1) is 12.2 Å². The van der Waals surface area contributed by atoms with Gasteiger partial charge in [-0.2, -0.15) is 0 Å². The molecule has 0 radical (unpaired) electrons. The Kier molecular flexibility index (Phi) is 3.67. The van der Waals surface area contributed by atoms with Gasteiger partial charge in [-0.25, -0.2) is 0 Å². The molecule has 108 valence electrons. The van der Waals surface area contributed by atoms with E-state index in [2.05, 4.69) is 10.5 Å². The van der Waals surface area contributed by atoms with Crippen molar-refractivity contribution in [2.75, 3.05) is 6.54 Å². The predicted molar refractivity (Wildman–Crippen MR) is 71.3 cm³/mol. The zero-order valence-corrected chi connectivity index (χ0v) is 12.0. The zero-order chi connectivity index (χ0) is 14.9. The van der Waals surface area contributed by atoms with Crippen molar-refractivity contribution in [2.45, 2.75) is 33.3 Å². The fourth-order valence-electron chi connectivity index (χ4n) is 1.96. The lowest BCUT2D eigenvalue weighted by molar-refractivity contribution is 0.0323. The number of aromatic nitrogens is 1. The Balaban J connectivity index is 2.07. The number of nitrogens with zero attached hydrogens (tertiary/aromatic N) is 1. The second-order valence-electron chi connectivity index (χ2n) is 5.07. The summed E-state index contributed by atoms with van der Waals surface area (Å²) in [5, 5.41) is 16.7. The minimum atomic E-state index is -1.27. The maximum absolute atomic E-state index is 12.1. The van der Waals surface area contributed by atoms with E-state index in [-0.39, 0.29) is 12.5 Å². The Bertz CT molecular complexity index is 605. The number of aryl methyl sites for hydroxylation is 3. The van der Waals surface area contributed by atoms with Crippen LogP contribution in [0.5, 0.6) is 0 Å². The smallest absolute Gasteiger partial charge is 0.256 e. The van der Waals surface area contributed by atoms with Crippen LogP contribution in [0.4, 0.5) is 0 Å². The maximum atomic E-state index is 12.1. The average molecular weight is 278 g/mol. The van der Waals surface area contributed by atoms with Crippen LogP contribution in [0.25, 0.3) is 0 Å². The van der Waals surface area contributed by atoms with Crippen LogP contribution >= 0.6 is 0 Å². The van der Waals surface area contributed by atoms with Gasteiger partial charge in [0.15, 0.2) is 0 Å². The maximum Gasteiger partial charge on any atom is 0.256 e. The number of nitrogens with one attached hydrogen (secondary N) is 1. The zero-order valence-electron chi connectivity index (χ0n) is 12.0. The second kappa shape index (κ2) is 5.13. The van der Waals surface area contributed by atoms with E-state index in [1.165, 1.54) is 0 Å². The van der Waals surface area contributed by atoms with Crippen molar-refractivity contribution in [3.8, 4) is 0 Å². The highest BCUT2D eigenvalue weighted by Gasteiger charge is 2.28. The highest BCUT2D eigenvalue weighted by atomic mass is 16.5. The summed E-state index contributed by atoms with van der Waals surface area (Å²) in [6.45, 7) is 6.77. The molecule has 6 heteroatoms. The summed E-state index contributed by atoms with van der Waals surface area (Å²) in [5.74, 6) is 1.24. The van der Waals surface area contributed by atoms with Gasteiger partial charge in [-0.3, -0.25) is 4.79 Å². The van der Waals surface area contributed by atoms with E-state index in [0.29, 0.717) is 28.5 Å². The van der Waals surface area contributed by atoms with Crippen LogP contribution in [0.2, 0.25) is 0 Å². The molecule has 0 aliphatic carbocycles. The van der Waals surface area contributed by atoms with Crippen molar-refractivity contribution in [3.63, 3.8) is 0 Å². The Morgan fingerprint density at radius 1 is 1.40 bits per heavy atom. The fraction of sp³-hybridized carbons (Fsp3) is 0.429. The van der Waals surface area contributed by atoms with E-state index in [9.17, 15) is 9.90 Å². The molecule has 2 aromatic heterocycles. The van der Waals surface area contributed by atoms with Gasteiger partial charge in [0, 0.05) is 0 Å². The van der Waals surface area contributed by atoms with Crippen LogP contribution in [-0.2, 0) is 5.60 Å². The SMILES string of the molecule is Cc1ccc(C(C)(O)CNC(=O)c2c(C)noc2C)o1. The van der Waals surface area contributed by atoms with Gasteiger partial charge in [0.1, 0.15) is 28.4 Å². The lowest BCUT2D eigenvalue weighted by Gasteiger charge is -2.21. The summed E-state index contributed by atoms with van der Waals surface area (Å²) in [5.41, 5.74) is -0.354. The van der Waals surface area contributed by atoms with Gasteiger partial charge in [-0.1, -0.05) is 5.16 Å². The number of hydrogen-bond donors (Lipinski definition) is 2. The molecule has 2 heterocycles. The molecule has 1 unspecified atom stereocenters. The molecule has 0 aliphatic heterocycles. The third-order valence-electron chi connectivity index (χ3n) is 3.12. The summed E-state index contributed by atoms with van der Waals surface area (Å²) in [7, 11) is 0. The second-order valence-corrected chi connectivity index (χ2v) is 5.07. The molecule has 2 rings (SSSR count). The average Bonchev–Trinajstić information content (AvgIpc) is 2.94. The van der Waals surface area contributed by atoms with Crippen LogP contribution in [0.3, 0.4) is 0 Å². The summed E-state index contributed by atoms with van der Waals surface area (Å²) in [4.78, 5) is 12.1. The molecule has 2 N–H and O–H groups in total. The number of hydrogen-bond acceptors (Lipinski definition) is 5. The van der Waals surface area contributed by atoms with E-state index in [0.717, 1.165) is 0 Å². The van der Waals surface area contributed by atoms with Gasteiger partial charge in [0.2, 0.25) is 0 Å². The topological polar surface area (TPSA) is 88.5 Å². The highest BCUT2D eigenvalue weighted by molar-refractivity contribution is 5.96. The molecule has 0 bridgehead atoms. The number of carbonyl (C=O) groups is 1. The molecular formula is C14H18N2O4. The van der Waals surface area contributed by atoms with E-state index in [4.69, 9.17) is 8.94 Å². The summed E-state index contributed by atoms with van der Waals surface area (Å²) in [6, 6.07) is 3.46. The predicted octanol–water partition coefficient (Wildman–Crippen LogP) is 1.83. The minimum absolute atomic E-state index is 0.0306. The number of aliphatic hydroxyl groups is 1. The lowest BCUT2D eigenvalue weighted by atomic mass is 10.0. The van der Waals surface area contributed by atoms with E-state index < -0.39 is 5.60 Å². The van der Waals surface area contributed by atoms with Crippen molar-refractivity contribution < 1.29 is 18.8 Å². The molecule has 2 aromatic rings. The third kappa shape index (κ3) is 2.75. The molecule has 0 aliphatic rings. The number of furan rings is 1. The molecule has 0 saturated heterocycles. The van der Waals surface area contributed by atoms with Gasteiger partial charge in [-0.15, -0.1) is 0 Å². The van der Waals surface area contributed by atoms with Gasteiger partial charge in [-0.05, 0) is 39.8 Å². The Morgan fingerprint density at radius 2 is 2.10 bits per heavy atom. The highest BCUT2D eigenvalue weighted by Crippen LogP contribution is 2.22. The van der Waals surface area contributed by atoms with Crippen molar-refractivity contribution in [1.82, 2.24) is 10.5 Å². The largest absolute Gasteiger partial charge is 0.463 e. The van der Waals surface area contributed by atoms with Crippen LogP contribution in [0.15, 0.2) is 21.1 Å². The molecule has 0 spiro atoms. The van der Waals surface area contributed by atoms with Gasteiger partial charge >= 0.3 is 0 Å². The first kappa shape index (κ1) is 14.3. The molecule has 1 atom stereocenters. The van der Waals surface area contributed by atoms with Crippen molar-refractivity contribution in [2.24, 2.45) is 0 Å². The lowest BCUT2D eigenvalue weighted by Crippen LogP contribution is -2.38. The van der Waals surface area contributed by atoms with Crippen molar-refractivity contribution in [3.05, 3.63) is 40.7 Å². The Morgan fingerprint density at radius 3 is 2.60 bits per heavy atom. The third-order valence-corrected chi connectivity index (χ3v) is 3.12. The number of carbonyl (C=O) groups excluding carboxylic acids is 1. The van der Waals surface area contributed by atoms with Crippen molar-refractivity contribution >= 4 is 5.91 Å². The van der Waals surface area contributed by atoms with E-state index in [1.54, 1.807) is 39.8 Å². The Labute approximate surface area is 116 Å². The normalized spacial score (nSPS) is 14.1. The summed E-state index contributed by atoms with van der Waals surface area (Å²) < 4.78 is 10.3. The minimum Gasteiger partial charge on any atom is -0.463 e. The number of amides is 1. The quantitative estimate of drug-likeness (QED) is 0.890. The fourth-order valence-corrected chi connectivity index (χ4v) is 1.96. The first-order valence-electron chi connectivity index (χ1n) is 6.31. The summed E-state index contributed by atoms with van der Waals surface area (Å²) >= 11 is 0. The van der Waals surface area contributed by atoms with Gasteiger partial charge < -0.3 is 19.4 Å². The monoisotopic (exact) mass is 278 g/mol. The summed E-state index contributed by atoms with van der Waals surface area (Å²) in [6.07, 6.45) is 0. The van der Waals surface area contributed by atoms with E-state index >= 15 is 0 Å². The van der Waals surface area contributed by atoms with Crippen molar-refractivity contribution in [1.29, 1.82) is 0 Å². The number of rotatable bonds is 4. The van der Waals surface area contributed by atoms with Crippen LogP contribution in [0, 0.1) is 20.8 Å². The molecule has 0 saturated carbocycles. The van der Waals surface area contributed by atoms with Crippen LogP contribution in [-0.4, -0.2) is 22.7 Å². The molecule has 1 amide bonds. The molecule has 6 nitrogen and oxygen atoms in total. The molecule has 20 heavy (non-hydrogen) atoms. The molecule has 0 aromatic carbocycles. The van der Waals surface area contributed by atoms with Crippen LogP contribution in [0.1, 0.15) is 40.3 Å². The van der Waals surface area contributed by atoms with Gasteiger partial charge in [0.25, 0.3) is 5.91 Å². The van der Waals surface area contributed by atoms with E-state index in [1.807, 2.05) is 0 Å². The van der Waals surface area contributed by atoms with Crippen LogP contribution < -0.4 is 5.32 Å². The Hall–Kier alpha value is -2.08. The molecular weight excluding hydrogens is 260 g/mol. The standard InChI is InChI=1S/C14H18N2O4/c1-8-5-6-11(19-8)14(4,18)7-15-13(17)12-9(2)16-20-10(12)3/h5-6,18H,7H2,1-4H3,(H,15,17). The first-order valence-corrected chi connectivity index (χ1v) is 6.31. The first-order chi connectivity index (χ1) is 9.31.